The van der Waals surface area contributed by atoms with Crippen LogP contribution in [0.3, 0.4) is 0 Å². The Morgan fingerprint density at radius 3 is 1.45 bits per heavy atom. The first-order chi connectivity index (χ1) is 36.5. The van der Waals surface area contributed by atoms with Gasteiger partial charge in [-0.2, -0.15) is 36.5 Å². The van der Waals surface area contributed by atoms with Crippen LogP contribution in [0.15, 0.2) is 110 Å². The Labute approximate surface area is 445 Å². The minimum absolute atomic E-state index is 0.0298. The Morgan fingerprint density at radius 2 is 1.04 bits per heavy atom. The highest BCUT2D eigenvalue weighted by atomic mass is 35.5. The minimum atomic E-state index is -4.62. The Hall–Kier alpha value is -8.35. The number of aromatic nitrogens is 12. The fourth-order valence-corrected chi connectivity index (χ4v) is 8.64. The topological polar surface area (TPSA) is 180 Å². The quantitative estimate of drug-likeness (QED) is 0.125. The van der Waals surface area contributed by atoms with Gasteiger partial charge in [-0.15, -0.1) is 10.2 Å². The van der Waals surface area contributed by atoms with Gasteiger partial charge in [0, 0.05) is 103 Å². The largest absolute Gasteiger partial charge is 0.416 e. The second-order valence-corrected chi connectivity index (χ2v) is 18.9. The van der Waals surface area contributed by atoms with Gasteiger partial charge < -0.3 is 25.0 Å². The number of amides is 2. The third kappa shape index (κ3) is 11.9. The summed E-state index contributed by atoms with van der Waals surface area (Å²) in [6.45, 7) is 8.16. The van der Waals surface area contributed by atoms with E-state index in [4.69, 9.17) is 23.2 Å². The highest BCUT2D eigenvalue weighted by Gasteiger charge is 2.33. The zero-order valence-corrected chi connectivity index (χ0v) is 43.3. The van der Waals surface area contributed by atoms with Crippen LogP contribution in [0.25, 0.3) is 39.6 Å². The monoisotopic (exact) mass is 1100 g/mol. The van der Waals surface area contributed by atoms with Crippen molar-refractivity contribution in [3.8, 4) is 39.6 Å². The van der Waals surface area contributed by atoms with Crippen LogP contribution in [0.5, 0.6) is 0 Å². The number of aryl methyl sites for hydroxylation is 3. The summed E-state index contributed by atoms with van der Waals surface area (Å²) in [4.78, 5) is 34.3. The number of alkyl halides is 6. The molecule has 1 saturated heterocycles. The second-order valence-electron chi connectivity index (χ2n) is 18.1. The van der Waals surface area contributed by atoms with E-state index in [9.17, 15) is 35.9 Å². The summed E-state index contributed by atoms with van der Waals surface area (Å²) in [6, 6.07) is 15.9. The average molecular weight is 1100 g/mol. The summed E-state index contributed by atoms with van der Waals surface area (Å²) in [6.07, 6.45) is 0.488. The summed E-state index contributed by atoms with van der Waals surface area (Å²) in [5.41, 5.74) is 5.18. The van der Waals surface area contributed by atoms with E-state index in [1.54, 1.807) is 53.3 Å². The molecule has 9 aromatic rings. The lowest BCUT2D eigenvalue weighted by Gasteiger charge is -2.34. The first-order valence-corrected chi connectivity index (χ1v) is 24.2. The van der Waals surface area contributed by atoms with Crippen LogP contribution >= 0.6 is 23.2 Å². The van der Waals surface area contributed by atoms with E-state index in [0.717, 1.165) is 59.9 Å². The van der Waals surface area contributed by atoms with Crippen LogP contribution in [0.1, 0.15) is 48.9 Å². The van der Waals surface area contributed by atoms with Gasteiger partial charge in [0.25, 0.3) is 11.8 Å². The molecule has 0 atom stereocenters. The first kappa shape index (κ1) is 53.5. The predicted octanol–water partition coefficient (Wildman–Crippen LogP) is 10.0. The van der Waals surface area contributed by atoms with E-state index < -0.39 is 35.3 Å². The fourth-order valence-electron chi connectivity index (χ4n) is 8.23. The molecule has 0 saturated carbocycles. The van der Waals surface area contributed by atoms with Crippen molar-refractivity contribution in [2.75, 3.05) is 48.8 Å². The molecule has 26 heteroatoms. The van der Waals surface area contributed by atoms with Crippen molar-refractivity contribution in [3.63, 3.8) is 0 Å². The van der Waals surface area contributed by atoms with Gasteiger partial charge >= 0.3 is 12.4 Å². The van der Waals surface area contributed by atoms with Crippen LogP contribution in [-0.4, -0.2) is 109 Å². The maximum atomic E-state index is 13.7. The minimum Gasteiger partial charge on any atom is -0.369 e. The highest BCUT2D eigenvalue weighted by molar-refractivity contribution is 6.33. The maximum absolute atomic E-state index is 13.7. The molecule has 0 unspecified atom stereocenters. The van der Waals surface area contributed by atoms with Crippen LogP contribution < -0.4 is 15.5 Å². The van der Waals surface area contributed by atoms with Crippen LogP contribution in [0.4, 0.5) is 43.4 Å². The van der Waals surface area contributed by atoms with E-state index >= 15 is 0 Å². The molecule has 1 aliphatic rings. The molecule has 0 bridgehead atoms. The lowest BCUT2D eigenvalue weighted by atomic mass is 10.1. The average Bonchev–Trinajstić information content (AvgIpc) is 4.26. The maximum Gasteiger partial charge on any atom is 0.416 e. The van der Waals surface area contributed by atoms with E-state index in [1.807, 2.05) is 39.9 Å². The summed E-state index contributed by atoms with van der Waals surface area (Å²) in [5.74, 6) is -1.21. The number of carbonyl (C=O) groups excluding carboxylic acids is 2. The number of likely N-dealkylation sites (N-methyl/N-ethyl adjacent to an activating group) is 1. The number of carbonyl (C=O) groups is 2. The molecule has 0 spiro atoms. The molecule has 2 N–H and O–H groups in total. The number of nitrogens with one attached hydrogen (secondary N) is 2. The number of halogens is 8. The van der Waals surface area contributed by atoms with Crippen LogP contribution in [-0.2, 0) is 26.4 Å². The molecule has 77 heavy (non-hydrogen) atoms. The van der Waals surface area contributed by atoms with Crippen LogP contribution in [0, 0.1) is 20.8 Å². The SMILES string of the molecule is Cc1c(-c2cn(-c3cc(C(=O)Nc4cc(N5CCN(C)CC5)cc(C(F)(F)F)c4)ccc3Cl)nn2)cnn1C.Cc1cn(-c2cc(NC(=O)c3ccc(Cl)c(-n4cc(-c5cnn(C)c5C)nn4)c3)cc(C(F)(F)F)c2)cn1. The molecular formula is C51H46Cl2F6N16O2. The number of piperazine rings is 1. The Kier molecular flexibility index (Phi) is 14.8. The van der Waals surface area contributed by atoms with Gasteiger partial charge in [0.2, 0.25) is 0 Å². The zero-order chi connectivity index (χ0) is 55.1. The predicted molar refractivity (Wildman–Crippen MR) is 277 cm³/mol. The van der Waals surface area contributed by atoms with Crippen molar-refractivity contribution in [2.24, 2.45) is 14.1 Å². The van der Waals surface area contributed by atoms with Crippen molar-refractivity contribution >= 4 is 52.1 Å². The number of hydrogen-bond donors (Lipinski definition) is 2. The molecular weight excluding hydrogens is 1050 g/mol. The second kappa shape index (κ2) is 21.3. The molecule has 1 aliphatic heterocycles. The van der Waals surface area contributed by atoms with Crippen molar-refractivity contribution in [1.29, 1.82) is 0 Å². The zero-order valence-electron chi connectivity index (χ0n) is 41.8. The van der Waals surface area contributed by atoms with Crippen LogP contribution in [0.2, 0.25) is 10.0 Å². The van der Waals surface area contributed by atoms with Crippen molar-refractivity contribution < 1.29 is 35.9 Å². The molecule has 0 aliphatic carbocycles. The first-order valence-electron chi connectivity index (χ1n) is 23.4. The van der Waals surface area contributed by atoms with Gasteiger partial charge in [-0.3, -0.25) is 19.0 Å². The number of rotatable bonds is 10. The van der Waals surface area contributed by atoms with Gasteiger partial charge in [0.05, 0.1) is 69.4 Å². The molecule has 5 aromatic heterocycles. The van der Waals surface area contributed by atoms with Gasteiger partial charge in [0.15, 0.2) is 0 Å². The highest BCUT2D eigenvalue weighted by Crippen LogP contribution is 2.37. The fraction of sp³-hybridized carbons (Fsp3) is 0.235. The van der Waals surface area contributed by atoms with Crippen molar-refractivity contribution in [2.45, 2.75) is 33.1 Å². The van der Waals surface area contributed by atoms with Gasteiger partial charge in [0.1, 0.15) is 11.4 Å². The number of nitrogens with zero attached hydrogens (tertiary/aromatic N) is 14. The molecule has 0 radical (unpaired) electrons. The normalized spacial score (nSPS) is 13.1. The summed E-state index contributed by atoms with van der Waals surface area (Å²) >= 11 is 12.8. The molecule has 18 nitrogen and oxygen atoms in total. The van der Waals surface area contributed by atoms with Gasteiger partial charge in [-0.05, 0) is 101 Å². The van der Waals surface area contributed by atoms with E-state index in [0.29, 0.717) is 57.3 Å². The molecule has 10 rings (SSSR count). The summed E-state index contributed by atoms with van der Waals surface area (Å²) in [7, 11) is 5.60. The smallest absolute Gasteiger partial charge is 0.369 e. The van der Waals surface area contributed by atoms with Crippen molar-refractivity contribution in [3.05, 3.63) is 159 Å². The molecule has 398 valence electrons. The van der Waals surface area contributed by atoms with E-state index in [2.05, 4.69) is 51.3 Å². The number of benzene rings is 4. The lowest BCUT2D eigenvalue weighted by Crippen LogP contribution is -2.44. The Balaban J connectivity index is 0.000000188. The third-order valence-corrected chi connectivity index (χ3v) is 13.4. The number of hydrogen-bond acceptors (Lipinski definition) is 11. The molecule has 6 heterocycles. The number of imidazole rings is 1. The summed E-state index contributed by atoms with van der Waals surface area (Å²) < 4.78 is 89.6. The Morgan fingerprint density at radius 1 is 0.584 bits per heavy atom. The van der Waals surface area contributed by atoms with Gasteiger partial charge in [-0.1, -0.05) is 33.6 Å². The number of anilines is 3. The third-order valence-electron chi connectivity index (χ3n) is 12.8. The van der Waals surface area contributed by atoms with E-state index in [-0.39, 0.29) is 28.2 Å². The van der Waals surface area contributed by atoms with Crippen molar-refractivity contribution in [1.82, 2.24) is 64.0 Å². The molecule has 2 amide bonds. The standard InChI is InChI=1S/C26H26ClF3N8O.C25H20ClF3N8O/c1-16-21(14-31-36(16)3)23-15-38(34-33-23)24-10-17(4-5-22(24)27)25(39)32-19-11-18(26(28,29)30)12-20(13-19)37-8-6-35(2)7-9-37;1-14-11-36(13-30-14)19-8-17(25(27,28)29)7-18(9-19)32-24(38)16-4-5-21(26)23(6-16)37-12-22(33-34-37)20-10-31-35(3)15(20)2/h4-5,10-15H,6-9H2,1-3H3,(H,32,39);4-13H,1-3H3,(H,32,38). The van der Waals surface area contributed by atoms with Gasteiger partial charge in [-0.25, -0.2) is 14.3 Å². The Bertz CT molecular complexity index is 3660. The van der Waals surface area contributed by atoms with E-state index in [1.165, 1.54) is 62.7 Å². The molecule has 1 fully saturated rings. The lowest BCUT2D eigenvalue weighted by molar-refractivity contribution is -0.138. The summed E-state index contributed by atoms with van der Waals surface area (Å²) in [5, 5.41) is 30.9. The molecule has 4 aromatic carbocycles.